The van der Waals surface area contributed by atoms with Crippen molar-refractivity contribution in [3.8, 4) is 70.3 Å². The molecule has 0 N–H and O–H groups in total. The molecule has 118 heavy (non-hydrogen) atoms. The molecule has 26 heteroatoms. The maximum atomic E-state index is 13.1. The summed E-state index contributed by atoms with van der Waals surface area (Å²) in [4.78, 5) is 105. The van der Waals surface area contributed by atoms with Gasteiger partial charge in [0.15, 0.2) is 0 Å². The second-order valence-corrected chi connectivity index (χ2v) is 48.9. The molecule has 16 nitrogen and oxygen atoms in total. The van der Waals surface area contributed by atoms with Crippen molar-refractivity contribution >= 4 is 182 Å². The lowest BCUT2D eigenvalue weighted by molar-refractivity contribution is -0.138. The number of esters is 8. The van der Waals surface area contributed by atoms with Crippen LogP contribution in [0.2, 0.25) is 33.2 Å². The van der Waals surface area contributed by atoms with Gasteiger partial charge in [-0.25, -0.2) is 38.4 Å². The molecular weight excluding hydrogens is 1670 g/mol. The van der Waals surface area contributed by atoms with Crippen molar-refractivity contribution in [2.45, 2.75) is 116 Å². The Bertz CT molecular complexity index is 5100. The topological polar surface area (TPSA) is 210 Å². The van der Waals surface area contributed by atoms with E-state index in [4.69, 9.17) is 37.9 Å². The number of methoxy groups -OCH3 is 8. The summed E-state index contributed by atoms with van der Waals surface area (Å²) in [5, 5.41) is 0. The standard InChI is InChI=1S/C92H86O16S8Si2/c1-53(2)117(54(3)4,55(5)6)43-41-67-47-69(49-73-109-77(85(93)101-13)78(110-73)86(94)102-14)65(45-71(67)51-75-113-81(89(97)105-17)82(114-75)90(98)106-18)39-37-63-33-29-61(30-34-63)27-25-59-21-23-60(24-22-59)26-28-62-31-35-64(36-32-62)38-40-66-46-72(52-76-115-83(91(99)107-19)84(116-76)92(100)108-20)68(42-44-118(56(7)8,57(9)10)58(11)12)48-70(66)50-74-111-79(87(95)103-15)80(112-74)88(96)104-16/h21-24,29-36,45-58H,1-20H3. The van der Waals surface area contributed by atoms with Crippen LogP contribution in [-0.4, -0.2) is 121 Å². The van der Waals surface area contributed by atoms with Crippen LogP contribution in [0.15, 0.2) is 153 Å². The molecule has 4 heterocycles. The first-order valence-corrected chi connectivity index (χ1v) is 48.0. The molecule has 0 saturated heterocycles. The van der Waals surface area contributed by atoms with Gasteiger partial charge in [-0.2, -0.15) is 0 Å². The number of thioether (sulfide) groups is 8. The van der Waals surface area contributed by atoms with Gasteiger partial charge in [-0.15, -0.1) is 11.1 Å². The maximum Gasteiger partial charge on any atom is 0.346 e. The molecule has 0 aromatic heterocycles. The van der Waals surface area contributed by atoms with E-state index in [1.54, 1.807) is 0 Å². The van der Waals surface area contributed by atoms with Crippen LogP contribution in [0.25, 0.3) is 24.3 Å². The van der Waals surface area contributed by atoms with Crippen LogP contribution in [0.3, 0.4) is 0 Å². The molecule has 4 aliphatic rings. The Morgan fingerprint density at radius 3 is 0.534 bits per heavy atom. The predicted octanol–water partition coefficient (Wildman–Crippen LogP) is 19.8. The SMILES string of the molecule is COC(=O)C1=C(C(=O)OC)SC(=Cc2cc(C#C[Si](C(C)C)(C(C)C)C(C)C)c(C=C3SC(C(=O)OC)=C(C(=O)OC)S3)cc2C#Cc2ccc(C#Cc3ccc(C#Cc4ccc(C#Cc5cc(C=C6SC(C(=O)OC)=C(C(=O)OC)S6)c(C#C[Si](C(C)C)(C(C)C)C(C)C)cc5C=C5SC(C(=O)OC)=C(C(=O)OC)S5)cc4)cc3)cc2)S1. The monoisotopic (exact) mass is 1760 g/mol. The molecule has 0 bridgehead atoms. The quantitative estimate of drug-likeness (QED) is 0.0345. The highest BCUT2D eigenvalue weighted by molar-refractivity contribution is 8.31. The summed E-state index contributed by atoms with van der Waals surface area (Å²) in [6.07, 6.45) is 7.48. The van der Waals surface area contributed by atoms with Gasteiger partial charge in [-0.05, 0) is 177 Å². The zero-order valence-electron chi connectivity index (χ0n) is 68.8. The number of benzene rings is 5. The fourth-order valence-electron chi connectivity index (χ4n) is 13.7. The maximum absolute atomic E-state index is 13.1. The average molecular weight is 1760 g/mol. The highest BCUT2D eigenvalue weighted by atomic mass is 32.2. The second-order valence-electron chi connectivity index (χ2n) is 28.3. The van der Waals surface area contributed by atoms with Crippen LogP contribution in [0, 0.1) is 70.3 Å². The van der Waals surface area contributed by atoms with E-state index in [0.717, 1.165) is 116 Å². The molecule has 0 radical (unpaired) electrons. The Kier molecular flexibility index (Phi) is 32.7. The van der Waals surface area contributed by atoms with Gasteiger partial charge in [-0.1, -0.05) is 236 Å². The predicted molar refractivity (Wildman–Crippen MR) is 489 cm³/mol. The fourth-order valence-corrected chi connectivity index (χ4v) is 33.6. The third-order valence-electron chi connectivity index (χ3n) is 19.5. The number of hydrogen-bond acceptors (Lipinski definition) is 24. The van der Waals surface area contributed by atoms with Crippen molar-refractivity contribution in [1.29, 1.82) is 0 Å². The zero-order chi connectivity index (χ0) is 86.0. The van der Waals surface area contributed by atoms with Crippen molar-refractivity contribution in [1.82, 2.24) is 0 Å². The summed E-state index contributed by atoms with van der Waals surface area (Å²) >= 11 is 8.77. The molecule has 0 aliphatic carbocycles. The first-order chi connectivity index (χ1) is 56.3. The Labute approximate surface area is 727 Å². The number of carbonyl (C=O) groups is 8. The highest BCUT2D eigenvalue weighted by Crippen LogP contribution is 2.55. The molecule has 0 unspecified atom stereocenters. The third kappa shape index (κ3) is 21.9. The summed E-state index contributed by atoms with van der Waals surface area (Å²) in [6, 6.07) is 30.4. The molecule has 5 aromatic carbocycles. The number of rotatable bonds is 18. The summed E-state index contributed by atoms with van der Waals surface area (Å²) < 4.78 is 43.0. The highest BCUT2D eigenvalue weighted by Gasteiger charge is 2.44. The summed E-state index contributed by atoms with van der Waals surface area (Å²) in [5.41, 5.74) is 19.1. The van der Waals surface area contributed by atoms with Crippen LogP contribution < -0.4 is 0 Å². The normalized spacial score (nSPS) is 13.8. The molecule has 0 atom stereocenters. The van der Waals surface area contributed by atoms with E-state index in [-0.39, 0.29) is 39.2 Å². The molecule has 0 amide bonds. The summed E-state index contributed by atoms with van der Waals surface area (Å²) in [7, 11) is 5.34. The lowest BCUT2D eigenvalue weighted by Gasteiger charge is -2.38. The minimum atomic E-state index is -2.33. The summed E-state index contributed by atoms with van der Waals surface area (Å²) in [6.45, 7) is 26.8. The van der Waals surface area contributed by atoms with Gasteiger partial charge in [0.05, 0.1) is 73.8 Å². The van der Waals surface area contributed by atoms with Gasteiger partial charge in [0, 0.05) is 55.6 Å². The molecule has 0 saturated carbocycles. The smallest absolute Gasteiger partial charge is 0.346 e. The fraction of sp³-hybridized carbons (Fsp3) is 0.283. The minimum Gasteiger partial charge on any atom is -0.465 e. The zero-order valence-corrected chi connectivity index (χ0v) is 77.3. The lowest BCUT2D eigenvalue weighted by atomic mass is 9.98. The van der Waals surface area contributed by atoms with E-state index in [1.807, 2.05) is 121 Å². The Morgan fingerprint density at radius 2 is 0.390 bits per heavy atom. The van der Waals surface area contributed by atoms with Crippen LogP contribution in [0.4, 0.5) is 0 Å². The van der Waals surface area contributed by atoms with Gasteiger partial charge in [0.1, 0.15) is 55.4 Å². The Morgan fingerprint density at radius 1 is 0.246 bits per heavy atom. The van der Waals surface area contributed by atoms with Crippen LogP contribution in [0.5, 0.6) is 0 Å². The number of carbonyl (C=O) groups excluding carboxylic acids is 8. The number of ether oxygens (including phenoxy) is 8. The molecule has 0 fully saturated rings. The van der Waals surface area contributed by atoms with E-state index >= 15 is 0 Å². The van der Waals surface area contributed by atoms with Crippen molar-refractivity contribution in [2.24, 2.45) is 0 Å². The van der Waals surface area contributed by atoms with E-state index in [1.165, 1.54) is 56.9 Å². The third-order valence-corrected chi connectivity index (χ3v) is 41.8. The van der Waals surface area contributed by atoms with Gasteiger partial charge in [0.25, 0.3) is 0 Å². The van der Waals surface area contributed by atoms with E-state index in [9.17, 15) is 38.4 Å². The van der Waals surface area contributed by atoms with E-state index in [2.05, 4.69) is 153 Å². The molecule has 0 spiro atoms. The Hall–Kier alpha value is -9.63. The first kappa shape index (κ1) is 92.3. The minimum absolute atomic E-state index is 0.0942. The van der Waals surface area contributed by atoms with Crippen molar-refractivity contribution < 1.29 is 76.3 Å². The molecular formula is C92H86O16S8Si2. The van der Waals surface area contributed by atoms with Gasteiger partial charge < -0.3 is 37.9 Å². The summed E-state index contributed by atoms with van der Waals surface area (Å²) in [5.74, 6) is 28.4. The van der Waals surface area contributed by atoms with Gasteiger partial charge >= 0.3 is 47.8 Å². The van der Waals surface area contributed by atoms with Gasteiger partial charge in [-0.3, -0.25) is 0 Å². The van der Waals surface area contributed by atoms with Crippen molar-refractivity contribution in [3.63, 3.8) is 0 Å². The lowest BCUT2D eigenvalue weighted by Crippen LogP contribution is -2.43. The van der Waals surface area contributed by atoms with Crippen LogP contribution >= 0.6 is 94.1 Å². The Balaban J connectivity index is 1.02. The largest absolute Gasteiger partial charge is 0.465 e. The molecule has 9 rings (SSSR count). The van der Waals surface area contributed by atoms with Crippen molar-refractivity contribution in [3.05, 3.63) is 231 Å². The van der Waals surface area contributed by atoms with Crippen LogP contribution in [0.1, 0.15) is 161 Å². The number of hydrogen-bond donors (Lipinski definition) is 0. The first-order valence-electron chi connectivity index (χ1n) is 37.0. The molecule has 606 valence electrons. The van der Waals surface area contributed by atoms with E-state index < -0.39 is 63.9 Å². The van der Waals surface area contributed by atoms with Crippen molar-refractivity contribution in [2.75, 3.05) is 56.9 Å². The second kappa shape index (κ2) is 41.9. The average Bonchev–Trinajstić information content (AvgIpc) is 1.22. The van der Waals surface area contributed by atoms with Crippen LogP contribution in [-0.2, 0) is 76.3 Å². The molecule has 5 aromatic rings. The molecule has 4 aliphatic heterocycles. The van der Waals surface area contributed by atoms with Gasteiger partial charge in [0.2, 0.25) is 0 Å². The van der Waals surface area contributed by atoms with E-state index in [0.29, 0.717) is 106 Å².